The smallest absolute Gasteiger partial charge is 0.335 e. The zero-order valence-corrected chi connectivity index (χ0v) is 12.2. The second-order valence-corrected chi connectivity index (χ2v) is 5.45. The van der Waals surface area contributed by atoms with Gasteiger partial charge in [-0.2, -0.15) is 11.8 Å². The molecule has 1 aromatic rings. The van der Waals surface area contributed by atoms with Crippen molar-refractivity contribution in [2.45, 2.75) is 12.2 Å². The number of esters is 1. The maximum atomic E-state index is 10.9. The number of carboxylic acid groups (broad SMARTS) is 1. The van der Waals surface area contributed by atoms with Gasteiger partial charge in [0.25, 0.3) is 0 Å². The van der Waals surface area contributed by atoms with E-state index in [2.05, 4.69) is 20.7 Å². The van der Waals surface area contributed by atoms with Crippen LogP contribution in [-0.2, 0) is 15.3 Å². The number of benzene rings is 1. The fourth-order valence-corrected chi connectivity index (χ4v) is 2.87. The monoisotopic (exact) mass is 332 g/mol. The lowest BCUT2D eigenvalue weighted by atomic mass is 10.1. The Balaban J connectivity index is 2.48. The molecule has 0 amide bonds. The molecular formula is C12H13BrO4S. The van der Waals surface area contributed by atoms with Gasteiger partial charge in [0.2, 0.25) is 0 Å². The number of thioether (sulfide) groups is 1. The summed E-state index contributed by atoms with van der Waals surface area (Å²) in [5.41, 5.74) is 1.26. The van der Waals surface area contributed by atoms with E-state index in [-0.39, 0.29) is 11.5 Å². The highest BCUT2D eigenvalue weighted by Gasteiger charge is 2.07. The van der Waals surface area contributed by atoms with Crippen LogP contribution in [0.2, 0.25) is 0 Å². The molecular weight excluding hydrogens is 320 g/mol. The SMILES string of the molecule is COC(=O)CCSCc1ccc(C(=O)O)cc1Br. The lowest BCUT2D eigenvalue weighted by molar-refractivity contribution is -0.140. The van der Waals surface area contributed by atoms with Gasteiger partial charge in [0.15, 0.2) is 0 Å². The van der Waals surface area contributed by atoms with E-state index in [4.69, 9.17) is 5.11 Å². The number of rotatable bonds is 6. The molecule has 0 aliphatic heterocycles. The summed E-state index contributed by atoms with van der Waals surface area (Å²) < 4.78 is 5.31. The van der Waals surface area contributed by atoms with Gasteiger partial charge < -0.3 is 9.84 Å². The normalized spacial score (nSPS) is 10.1. The summed E-state index contributed by atoms with van der Waals surface area (Å²) >= 11 is 4.94. The first-order valence-corrected chi connectivity index (χ1v) is 7.15. The zero-order valence-electron chi connectivity index (χ0n) is 9.81. The summed E-state index contributed by atoms with van der Waals surface area (Å²) in [5, 5.41) is 8.83. The van der Waals surface area contributed by atoms with Gasteiger partial charge in [-0.15, -0.1) is 0 Å². The lowest BCUT2D eigenvalue weighted by Crippen LogP contribution is -2.01. The molecule has 1 N–H and O–H groups in total. The second-order valence-electron chi connectivity index (χ2n) is 3.49. The van der Waals surface area contributed by atoms with Crippen molar-refractivity contribution in [1.29, 1.82) is 0 Å². The average molecular weight is 333 g/mol. The summed E-state index contributed by atoms with van der Waals surface area (Å²) in [7, 11) is 1.37. The van der Waals surface area contributed by atoms with E-state index in [0.717, 1.165) is 15.8 Å². The Labute approximate surface area is 118 Å². The van der Waals surface area contributed by atoms with E-state index in [0.29, 0.717) is 12.2 Å². The number of carbonyl (C=O) groups excluding carboxylic acids is 1. The molecule has 0 atom stereocenters. The lowest BCUT2D eigenvalue weighted by Gasteiger charge is -2.05. The zero-order chi connectivity index (χ0) is 13.5. The summed E-state index contributed by atoms with van der Waals surface area (Å²) in [6, 6.07) is 4.93. The fraction of sp³-hybridized carbons (Fsp3) is 0.333. The molecule has 4 nitrogen and oxygen atoms in total. The number of carbonyl (C=O) groups is 2. The largest absolute Gasteiger partial charge is 0.478 e. The standard InChI is InChI=1S/C12H13BrO4S/c1-17-11(14)4-5-18-7-9-3-2-8(12(15)16)6-10(9)13/h2-3,6H,4-5,7H2,1H3,(H,15,16). The average Bonchev–Trinajstić information content (AvgIpc) is 2.35. The van der Waals surface area contributed by atoms with Gasteiger partial charge in [0, 0.05) is 16.0 Å². The van der Waals surface area contributed by atoms with E-state index >= 15 is 0 Å². The molecule has 0 spiro atoms. The summed E-state index contributed by atoms with van der Waals surface area (Å²) in [6.45, 7) is 0. The van der Waals surface area contributed by atoms with Crippen molar-refractivity contribution >= 4 is 39.6 Å². The minimum absolute atomic E-state index is 0.220. The predicted molar refractivity (Wildman–Crippen MR) is 73.9 cm³/mol. The van der Waals surface area contributed by atoms with Crippen LogP contribution in [0.4, 0.5) is 0 Å². The number of methoxy groups -OCH3 is 1. The van der Waals surface area contributed by atoms with E-state index in [1.165, 1.54) is 7.11 Å². The highest BCUT2D eigenvalue weighted by atomic mass is 79.9. The van der Waals surface area contributed by atoms with Crippen LogP contribution in [0.25, 0.3) is 0 Å². The van der Waals surface area contributed by atoms with Gasteiger partial charge in [0.1, 0.15) is 0 Å². The van der Waals surface area contributed by atoms with Gasteiger partial charge in [-0.05, 0) is 17.7 Å². The van der Waals surface area contributed by atoms with Crippen molar-refractivity contribution in [2.75, 3.05) is 12.9 Å². The van der Waals surface area contributed by atoms with Crippen molar-refractivity contribution in [3.05, 3.63) is 33.8 Å². The molecule has 0 heterocycles. The number of hydrogen-bond acceptors (Lipinski definition) is 4. The number of ether oxygens (including phenoxy) is 1. The molecule has 0 unspecified atom stereocenters. The van der Waals surface area contributed by atoms with Gasteiger partial charge in [-0.1, -0.05) is 22.0 Å². The summed E-state index contributed by atoms with van der Waals surface area (Å²) in [5.74, 6) is 0.237. The Bertz CT molecular complexity index is 448. The van der Waals surface area contributed by atoms with Crippen LogP contribution in [0.3, 0.4) is 0 Å². The number of halogens is 1. The molecule has 0 aliphatic rings. The van der Waals surface area contributed by atoms with Crippen molar-refractivity contribution in [1.82, 2.24) is 0 Å². The van der Waals surface area contributed by atoms with Crippen molar-refractivity contribution in [3.63, 3.8) is 0 Å². The van der Waals surface area contributed by atoms with Crippen molar-refractivity contribution in [3.8, 4) is 0 Å². The molecule has 0 aromatic heterocycles. The summed E-state index contributed by atoms with van der Waals surface area (Å²) in [4.78, 5) is 21.7. The first-order valence-electron chi connectivity index (χ1n) is 5.21. The molecule has 0 radical (unpaired) electrons. The Morgan fingerprint density at radius 1 is 1.44 bits per heavy atom. The van der Waals surface area contributed by atoms with Crippen LogP contribution < -0.4 is 0 Å². The van der Waals surface area contributed by atoms with Gasteiger partial charge in [0.05, 0.1) is 19.1 Å². The molecule has 0 aliphatic carbocycles. The van der Waals surface area contributed by atoms with E-state index < -0.39 is 5.97 Å². The predicted octanol–water partition coefficient (Wildman–Crippen LogP) is 2.94. The van der Waals surface area contributed by atoms with Crippen LogP contribution in [0.5, 0.6) is 0 Å². The Hall–Kier alpha value is -1.01. The summed E-state index contributed by atoms with van der Waals surface area (Å²) in [6.07, 6.45) is 0.381. The Morgan fingerprint density at radius 2 is 2.17 bits per heavy atom. The minimum atomic E-state index is -0.944. The van der Waals surface area contributed by atoms with Crippen molar-refractivity contribution in [2.24, 2.45) is 0 Å². The molecule has 0 fully saturated rings. The van der Waals surface area contributed by atoms with Gasteiger partial charge in [-0.25, -0.2) is 4.79 Å². The third-order valence-electron chi connectivity index (χ3n) is 2.24. The maximum Gasteiger partial charge on any atom is 0.335 e. The molecule has 1 rings (SSSR count). The number of aromatic carboxylic acids is 1. The highest BCUT2D eigenvalue weighted by molar-refractivity contribution is 9.10. The third-order valence-corrected chi connectivity index (χ3v) is 3.98. The van der Waals surface area contributed by atoms with E-state index in [1.54, 1.807) is 30.0 Å². The van der Waals surface area contributed by atoms with Crippen LogP contribution in [0.1, 0.15) is 22.3 Å². The fourth-order valence-electron chi connectivity index (χ4n) is 1.24. The number of hydrogen-bond donors (Lipinski definition) is 1. The first-order chi connectivity index (χ1) is 8.54. The van der Waals surface area contributed by atoms with Crippen LogP contribution in [-0.4, -0.2) is 29.9 Å². The highest BCUT2D eigenvalue weighted by Crippen LogP contribution is 2.23. The molecule has 0 saturated carbocycles. The number of carboxylic acids is 1. The molecule has 1 aromatic carbocycles. The second kappa shape index (κ2) is 7.43. The molecule has 6 heteroatoms. The maximum absolute atomic E-state index is 10.9. The minimum Gasteiger partial charge on any atom is -0.478 e. The Kier molecular flexibility index (Phi) is 6.21. The molecule has 0 saturated heterocycles. The van der Waals surface area contributed by atoms with E-state index in [1.807, 2.05) is 0 Å². The molecule has 98 valence electrons. The molecule has 18 heavy (non-hydrogen) atoms. The molecule has 0 bridgehead atoms. The quantitative estimate of drug-likeness (QED) is 0.641. The van der Waals surface area contributed by atoms with Crippen LogP contribution in [0, 0.1) is 0 Å². The topological polar surface area (TPSA) is 63.6 Å². The van der Waals surface area contributed by atoms with Crippen molar-refractivity contribution < 1.29 is 19.4 Å². The third kappa shape index (κ3) is 4.70. The van der Waals surface area contributed by atoms with Crippen LogP contribution in [0.15, 0.2) is 22.7 Å². The van der Waals surface area contributed by atoms with E-state index in [9.17, 15) is 9.59 Å². The van der Waals surface area contributed by atoms with Gasteiger partial charge in [-0.3, -0.25) is 4.79 Å². The Morgan fingerprint density at radius 3 is 2.72 bits per heavy atom. The van der Waals surface area contributed by atoms with Gasteiger partial charge >= 0.3 is 11.9 Å². The van der Waals surface area contributed by atoms with Crippen LogP contribution >= 0.6 is 27.7 Å². The first kappa shape index (κ1) is 15.0.